The van der Waals surface area contributed by atoms with E-state index in [1.807, 2.05) is 0 Å². The van der Waals surface area contributed by atoms with Crippen molar-refractivity contribution in [3.63, 3.8) is 0 Å². The standard InChI is InChI=1S/C15H17ClN2O3/c1-21-8-2-6-17-15(20)10-18-7-5-14(19)12-9-11(16)3-4-13(12)18/h3-5,7,9H,2,6,8,10H2,1H3,(H,17,20). The molecule has 0 bridgehead atoms. The number of fused-ring (bicyclic) bond motifs is 1. The van der Waals surface area contributed by atoms with E-state index in [0.717, 1.165) is 6.42 Å². The lowest BCUT2D eigenvalue weighted by Crippen LogP contribution is -2.29. The molecule has 0 aliphatic rings. The Labute approximate surface area is 127 Å². The molecule has 1 N–H and O–H groups in total. The topological polar surface area (TPSA) is 60.3 Å². The summed E-state index contributed by atoms with van der Waals surface area (Å²) in [7, 11) is 1.62. The van der Waals surface area contributed by atoms with Gasteiger partial charge in [0.25, 0.3) is 0 Å². The molecule has 2 aromatic rings. The Morgan fingerprint density at radius 3 is 2.95 bits per heavy atom. The van der Waals surface area contributed by atoms with Gasteiger partial charge < -0.3 is 14.6 Å². The number of ether oxygens (including phenoxy) is 1. The van der Waals surface area contributed by atoms with Crippen LogP contribution in [-0.2, 0) is 16.1 Å². The molecular formula is C15H17ClN2O3. The molecule has 2 rings (SSSR count). The number of methoxy groups -OCH3 is 1. The third-order valence-corrected chi connectivity index (χ3v) is 3.34. The Morgan fingerprint density at radius 1 is 1.38 bits per heavy atom. The molecule has 0 radical (unpaired) electrons. The number of halogens is 1. The van der Waals surface area contributed by atoms with Gasteiger partial charge in [-0.3, -0.25) is 9.59 Å². The molecule has 1 aromatic carbocycles. The number of pyridine rings is 1. The lowest BCUT2D eigenvalue weighted by molar-refractivity contribution is -0.121. The van der Waals surface area contributed by atoms with Crippen LogP contribution in [0.1, 0.15) is 6.42 Å². The number of hydrogen-bond donors (Lipinski definition) is 1. The van der Waals surface area contributed by atoms with Crippen molar-refractivity contribution in [3.05, 3.63) is 45.7 Å². The fourth-order valence-corrected chi connectivity index (χ4v) is 2.25. The third-order valence-electron chi connectivity index (χ3n) is 3.10. The van der Waals surface area contributed by atoms with Crippen molar-refractivity contribution < 1.29 is 9.53 Å². The highest BCUT2D eigenvalue weighted by atomic mass is 35.5. The number of amides is 1. The Kier molecular flexibility index (Phi) is 5.36. The normalized spacial score (nSPS) is 10.8. The Hall–Kier alpha value is -1.85. The smallest absolute Gasteiger partial charge is 0.239 e. The van der Waals surface area contributed by atoms with Gasteiger partial charge in [-0.15, -0.1) is 0 Å². The maximum Gasteiger partial charge on any atom is 0.239 e. The van der Waals surface area contributed by atoms with Crippen molar-refractivity contribution in [1.82, 2.24) is 9.88 Å². The highest BCUT2D eigenvalue weighted by Crippen LogP contribution is 2.16. The first-order valence-electron chi connectivity index (χ1n) is 6.66. The van der Waals surface area contributed by atoms with Gasteiger partial charge in [-0.05, 0) is 24.6 Å². The molecule has 1 heterocycles. The summed E-state index contributed by atoms with van der Waals surface area (Å²) in [4.78, 5) is 23.7. The Bertz CT molecular complexity index is 697. The zero-order valence-corrected chi connectivity index (χ0v) is 12.5. The molecule has 6 heteroatoms. The number of carbonyl (C=O) groups excluding carboxylic acids is 1. The molecule has 0 atom stereocenters. The molecule has 0 saturated carbocycles. The minimum Gasteiger partial charge on any atom is -0.385 e. The number of aromatic nitrogens is 1. The van der Waals surface area contributed by atoms with E-state index in [9.17, 15) is 9.59 Å². The fourth-order valence-electron chi connectivity index (χ4n) is 2.08. The Morgan fingerprint density at radius 2 is 2.19 bits per heavy atom. The fraction of sp³-hybridized carbons (Fsp3) is 0.333. The molecule has 21 heavy (non-hydrogen) atoms. The van der Waals surface area contributed by atoms with E-state index in [0.29, 0.717) is 29.1 Å². The van der Waals surface area contributed by atoms with Crippen LogP contribution in [0, 0.1) is 0 Å². The molecular weight excluding hydrogens is 292 g/mol. The van der Waals surface area contributed by atoms with Gasteiger partial charge in [-0.25, -0.2) is 0 Å². The molecule has 5 nitrogen and oxygen atoms in total. The van der Waals surface area contributed by atoms with Gasteiger partial charge in [0.1, 0.15) is 6.54 Å². The van der Waals surface area contributed by atoms with E-state index in [1.165, 1.54) is 6.07 Å². The van der Waals surface area contributed by atoms with Crippen LogP contribution in [0.2, 0.25) is 5.02 Å². The minimum absolute atomic E-state index is 0.106. The van der Waals surface area contributed by atoms with E-state index in [2.05, 4.69) is 5.32 Å². The monoisotopic (exact) mass is 308 g/mol. The lowest BCUT2D eigenvalue weighted by atomic mass is 10.2. The lowest BCUT2D eigenvalue weighted by Gasteiger charge is -2.11. The molecule has 112 valence electrons. The summed E-state index contributed by atoms with van der Waals surface area (Å²) in [6.07, 6.45) is 2.38. The molecule has 0 aliphatic carbocycles. The highest BCUT2D eigenvalue weighted by molar-refractivity contribution is 6.31. The summed E-state index contributed by atoms with van der Waals surface area (Å²) < 4.78 is 6.66. The van der Waals surface area contributed by atoms with Crippen LogP contribution >= 0.6 is 11.6 Å². The van der Waals surface area contributed by atoms with Gasteiger partial charge in [0.2, 0.25) is 5.91 Å². The van der Waals surface area contributed by atoms with Gasteiger partial charge in [0.15, 0.2) is 5.43 Å². The van der Waals surface area contributed by atoms with Crippen LogP contribution < -0.4 is 10.7 Å². The van der Waals surface area contributed by atoms with Gasteiger partial charge >= 0.3 is 0 Å². The van der Waals surface area contributed by atoms with E-state index < -0.39 is 0 Å². The quantitative estimate of drug-likeness (QED) is 0.828. The maximum absolute atomic E-state index is 11.9. The van der Waals surface area contributed by atoms with Crippen molar-refractivity contribution in [2.45, 2.75) is 13.0 Å². The first-order chi connectivity index (χ1) is 10.1. The summed E-state index contributed by atoms with van der Waals surface area (Å²) in [6, 6.07) is 6.51. The number of rotatable bonds is 6. The SMILES string of the molecule is COCCCNC(=O)Cn1ccc(=O)c2cc(Cl)ccc21. The second-order valence-corrected chi connectivity index (χ2v) is 5.10. The molecule has 0 unspecified atom stereocenters. The van der Waals surface area contributed by atoms with E-state index >= 15 is 0 Å². The predicted octanol–water partition coefficient (Wildman–Crippen LogP) is 1.81. The van der Waals surface area contributed by atoms with E-state index in [4.69, 9.17) is 16.3 Å². The van der Waals surface area contributed by atoms with Crippen LogP contribution in [0.4, 0.5) is 0 Å². The zero-order valence-electron chi connectivity index (χ0n) is 11.8. The first-order valence-corrected chi connectivity index (χ1v) is 7.04. The van der Waals surface area contributed by atoms with Crippen molar-refractivity contribution in [2.75, 3.05) is 20.3 Å². The van der Waals surface area contributed by atoms with Gasteiger partial charge in [-0.2, -0.15) is 0 Å². The molecule has 1 amide bonds. The number of nitrogens with zero attached hydrogens (tertiary/aromatic N) is 1. The predicted molar refractivity (Wildman–Crippen MR) is 82.7 cm³/mol. The second kappa shape index (κ2) is 7.24. The highest BCUT2D eigenvalue weighted by Gasteiger charge is 2.07. The van der Waals surface area contributed by atoms with E-state index in [-0.39, 0.29) is 17.9 Å². The Balaban J connectivity index is 2.14. The van der Waals surface area contributed by atoms with Gasteiger partial charge in [0.05, 0.1) is 5.52 Å². The average molecular weight is 309 g/mol. The summed E-state index contributed by atoms with van der Waals surface area (Å²) in [6.45, 7) is 1.34. The molecule has 0 spiro atoms. The molecule has 0 aliphatic heterocycles. The van der Waals surface area contributed by atoms with Crippen LogP contribution in [-0.4, -0.2) is 30.7 Å². The van der Waals surface area contributed by atoms with Crippen molar-refractivity contribution in [3.8, 4) is 0 Å². The third kappa shape index (κ3) is 4.06. The molecule has 0 saturated heterocycles. The summed E-state index contributed by atoms with van der Waals surface area (Å²) >= 11 is 5.91. The van der Waals surface area contributed by atoms with Crippen LogP contribution in [0.5, 0.6) is 0 Å². The number of hydrogen-bond acceptors (Lipinski definition) is 3. The van der Waals surface area contributed by atoms with Crippen molar-refractivity contribution >= 4 is 28.4 Å². The second-order valence-electron chi connectivity index (χ2n) is 4.67. The molecule has 0 fully saturated rings. The summed E-state index contributed by atoms with van der Waals surface area (Å²) in [5.74, 6) is -0.106. The molecule has 1 aromatic heterocycles. The number of carbonyl (C=O) groups is 1. The van der Waals surface area contributed by atoms with E-state index in [1.54, 1.807) is 36.1 Å². The maximum atomic E-state index is 11.9. The van der Waals surface area contributed by atoms with Crippen molar-refractivity contribution in [2.24, 2.45) is 0 Å². The number of benzene rings is 1. The van der Waals surface area contributed by atoms with Crippen LogP contribution in [0.3, 0.4) is 0 Å². The summed E-state index contributed by atoms with van der Waals surface area (Å²) in [5.41, 5.74) is 0.586. The number of nitrogens with one attached hydrogen (secondary N) is 1. The first kappa shape index (κ1) is 15.5. The minimum atomic E-state index is -0.107. The van der Waals surface area contributed by atoms with Crippen LogP contribution in [0.25, 0.3) is 10.9 Å². The van der Waals surface area contributed by atoms with Gasteiger partial charge in [-0.1, -0.05) is 11.6 Å². The van der Waals surface area contributed by atoms with Crippen LogP contribution in [0.15, 0.2) is 35.3 Å². The average Bonchev–Trinajstić information content (AvgIpc) is 2.47. The van der Waals surface area contributed by atoms with Gasteiger partial charge in [0, 0.05) is 42.9 Å². The zero-order chi connectivity index (χ0) is 15.2. The van der Waals surface area contributed by atoms with Crippen molar-refractivity contribution in [1.29, 1.82) is 0 Å². The summed E-state index contributed by atoms with van der Waals surface area (Å²) in [5, 5.41) is 3.83. The largest absolute Gasteiger partial charge is 0.385 e.